The van der Waals surface area contributed by atoms with E-state index < -0.39 is 10.0 Å². The Balaban J connectivity index is 2.67. The average Bonchev–Trinajstić information content (AvgIpc) is 2.85. The van der Waals surface area contributed by atoms with Gasteiger partial charge in [-0.15, -0.1) is 0 Å². The molecule has 0 aliphatic carbocycles. The van der Waals surface area contributed by atoms with E-state index in [1.165, 1.54) is 4.31 Å². The lowest BCUT2D eigenvalue weighted by Gasteiger charge is -2.18. The van der Waals surface area contributed by atoms with Crippen molar-refractivity contribution in [2.24, 2.45) is 0 Å². The molecule has 20 heavy (non-hydrogen) atoms. The second-order valence-corrected chi connectivity index (χ2v) is 7.21. The highest BCUT2D eigenvalue weighted by Gasteiger charge is 2.21. The van der Waals surface area contributed by atoms with Gasteiger partial charge >= 0.3 is 0 Å². The van der Waals surface area contributed by atoms with Crippen LogP contribution in [0.1, 0.15) is 19.0 Å². The van der Waals surface area contributed by atoms with Gasteiger partial charge in [-0.3, -0.25) is 0 Å². The zero-order chi connectivity index (χ0) is 15.2. The Kier molecular flexibility index (Phi) is 6.67. The van der Waals surface area contributed by atoms with Gasteiger partial charge in [-0.2, -0.15) is 4.31 Å². The lowest BCUT2D eigenvalue weighted by Crippen LogP contribution is -2.33. The first-order chi connectivity index (χ1) is 9.37. The summed E-state index contributed by atoms with van der Waals surface area (Å²) in [5, 5.41) is 3.24. The minimum atomic E-state index is -3.40. The van der Waals surface area contributed by atoms with Crippen molar-refractivity contribution in [3.05, 3.63) is 18.0 Å². The van der Waals surface area contributed by atoms with Gasteiger partial charge in [0.05, 0.1) is 4.90 Å². The van der Waals surface area contributed by atoms with Gasteiger partial charge in [-0.05, 0) is 33.1 Å². The van der Waals surface area contributed by atoms with Crippen LogP contribution in [0.3, 0.4) is 0 Å². The second kappa shape index (κ2) is 7.78. The minimum absolute atomic E-state index is 0.326. The third kappa shape index (κ3) is 4.90. The first-order valence-corrected chi connectivity index (χ1v) is 8.31. The molecule has 7 heteroatoms. The molecule has 0 fully saturated rings. The summed E-state index contributed by atoms with van der Waals surface area (Å²) in [6.45, 7) is 4.85. The Hall–Kier alpha value is -0.890. The third-order valence-electron chi connectivity index (χ3n) is 3.03. The highest BCUT2D eigenvalue weighted by atomic mass is 32.2. The molecule has 116 valence electrons. The van der Waals surface area contributed by atoms with Crippen molar-refractivity contribution in [2.45, 2.75) is 24.8 Å². The fraction of sp³-hybridized carbons (Fsp3) is 0.692. The number of likely N-dealkylation sites (N-methyl/N-ethyl adjacent to an activating group) is 2. The van der Waals surface area contributed by atoms with E-state index in [0.29, 0.717) is 24.5 Å². The first-order valence-electron chi connectivity index (χ1n) is 6.87. The smallest absolute Gasteiger partial charge is 0.244 e. The molecule has 0 bridgehead atoms. The van der Waals surface area contributed by atoms with Crippen LogP contribution in [0.15, 0.2) is 17.2 Å². The monoisotopic (exact) mass is 302 g/mol. The third-order valence-corrected chi connectivity index (χ3v) is 4.86. The molecule has 0 aromatic carbocycles. The maximum absolute atomic E-state index is 12.4. The molecule has 1 aromatic heterocycles. The molecule has 0 spiro atoms. The number of rotatable bonds is 9. The highest BCUT2D eigenvalue weighted by molar-refractivity contribution is 7.89. The molecule has 0 amide bonds. The van der Waals surface area contributed by atoms with Crippen molar-refractivity contribution in [1.29, 1.82) is 0 Å². The lowest BCUT2D eigenvalue weighted by atomic mass is 10.4. The molecule has 0 radical (unpaired) electrons. The fourth-order valence-electron chi connectivity index (χ4n) is 1.71. The van der Waals surface area contributed by atoms with Crippen LogP contribution >= 0.6 is 0 Å². The normalized spacial score (nSPS) is 12.5. The molecule has 0 saturated carbocycles. The molecular formula is C13H26N4O2S. The average molecular weight is 302 g/mol. The molecule has 2 N–H and O–H groups in total. The number of sulfonamides is 1. The zero-order valence-electron chi connectivity index (χ0n) is 12.8. The Labute approximate surface area is 122 Å². The van der Waals surface area contributed by atoms with Crippen LogP contribution in [0.25, 0.3) is 0 Å². The summed E-state index contributed by atoms with van der Waals surface area (Å²) >= 11 is 0. The summed E-state index contributed by atoms with van der Waals surface area (Å²) in [7, 11) is 2.06. The summed E-state index contributed by atoms with van der Waals surface area (Å²) < 4.78 is 26.1. The molecule has 1 heterocycles. The van der Waals surface area contributed by atoms with E-state index >= 15 is 0 Å². The van der Waals surface area contributed by atoms with Crippen molar-refractivity contribution in [3.8, 4) is 0 Å². The predicted octanol–water partition coefficient (Wildman–Crippen LogP) is 0.696. The largest absolute Gasteiger partial charge is 0.363 e. The second-order valence-electron chi connectivity index (χ2n) is 5.17. The molecule has 1 rings (SSSR count). The Morgan fingerprint density at radius 1 is 1.25 bits per heavy atom. The minimum Gasteiger partial charge on any atom is -0.363 e. The molecule has 0 unspecified atom stereocenters. The standard InChI is InChI=1S/C13H26N4O2S/c1-5-6-14-10-12-9-13(11-15-12)20(18,19)17(4)8-7-16(2)3/h9,11,14-15H,5-8,10H2,1-4H3. The first kappa shape index (κ1) is 17.2. The topological polar surface area (TPSA) is 68.4 Å². The van der Waals surface area contributed by atoms with E-state index in [2.05, 4.69) is 17.2 Å². The van der Waals surface area contributed by atoms with E-state index in [4.69, 9.17) is 0 Å². The van der Waals surface area contributed by atoms with Gasteiger partial charge in [0.15, 0.2) is 0 Å². The quantitative estimate of drug-likeness (QED) is 0.659. The van der Waals surface area contributed by atoms with Crippen LogP contribution in [-0.4, -0.2) is 63.4 Å². The summed E-state index contributed by atoms with van der Waals surface area (Å²) in [5.74, 6) is 0. The zero-order valence-corrected chi connectivity index (χ0v) is 13.6. The van der Waals surface area contributed by atoms with Crippen LogP contribution in [0.2, 0.25) is 0 Å². The number of H-pyrrole nitrogens is 1. The Morgan fingerprint density at radius 3 is 2.55 bits per heavy atom. The van der Waals surface area contributed by atoms with Crippen LogP contribution in [0.4, 0.5) is 0 Å². The van der Waals surface area contributed by atoms with Crippen LogP contribution in [-0.2, 0) is 16.6 Å². The van der Waals surface area contributed by atoms with Crippen LogP contribution < -0.4 is 5.32 Å². The van der Waals surface area contributed by atoms with Gasteiger partial charge < -0.3 is 15.2 Å². The van der Waals surface area contributed by atoms with Gasteiger partial charge in [0.1, 0.15) is 0 Å². The van der Waals surface area contributed by atoms with E-state index in [-0.39, 0.29) is 0 Å². The SMILES string of the molecule is CCCNCc1cc(S(=O)(=O)N(C)CCN(C)C)c[nH]1. The van der Waals surface area contributed by atoms with E-state index in [0.717, 1.165) is 18.7 Å². The van der Waals surface area contributed by atoms with Crippen LogP contribution in [0, 0.1) is 0 Å². The van der Waals surface area contributed by atoms with Gasteiger partial charge in [-0.1, -0.05) is 6.92 Å². The maximum Gasteiger partial charge on any atom is 0.244 e. The van der Waals surface area contributed by atoms with Crippen LogP contribution in [0.5, 0.6) is 0 Å². The molecule has 6 nitrogen and oxygen atoms in total. The van der Waals surface area contributed by atoms with Crippen molar-refractivity contribution in [1.82, 2.24) is 19.5 Å². The summed E-state index contributed by atoms with van der Waals surface area (Å²) in [4.78, 5) is 5.30. The number of hydrogen-bond donors (Lipinski definition) is 2. The predicted molar refractivity (Wildman–Crippen MR) is 81.2 cm³/mol. The molecule has 0 saturated heterocycles. The van der Waals surface area contributed by atoms with E-state index in [9.17, 15) is 8.42 Å². The van der Waals surface area contributed by atoms with Crippen molar-refractivity contribution >= 4 is 10.0 Å². The van der Waals surface area contributed by atoms with E-state index in [1.807, 2.05) is 19.0 Å². The summed E-state index contributed by atoms with van der Waals surface area (Å²) in [6, 6.07) is 1.70. The summed E-state index contributed by atoms with van der Waals surface area (Å²) in [6.07, 6.45) is 2.61. The number of aromatic nitrogens is 1. The van der Waals surface area contributed by atoms with E-state index in [1.54, 1.807) is 19.3 Å². The molecule has 0 atom stereocenters. The Morgan fingerprint density at radius 2 is 1.95 bits per heavy atom. The molecule has 0 aliphatic rings. The number of aromatic amines is 1. The number of hydrogen-bond acceptors (Lipinski definition) is 4. The maximum atomic E-state index is 12.4. The van der Waals surface area contributed by atoms with Crippen molar-refractivity contribution < 1.29 is 8.42 Å². The molecule has 1 aromatic rings. The fourth-order valence-corrected chi connectivity index (χ4v) is 2.89. The molecular weight excluding hydrogens is 276 g/mol. The van der Waals surface area contributed by atoms with Crippen molar-refractivity contribution in [3.63, 3.8) is 0 Å². The van der Waals surface area contributed by atoms with Gasteiger partial charge in [-0.25, -0.2) is 8.42 Å². The van der Waals surface area contributed by atoms with Gasteiger partial charge in [0.25, 0.3) is 0 Å². The van der Waals surface area contributed by atoms with Gasteiger partial charge in [0.2, 0.25) is 10.0 Å². The van der Waals surface area contributed by atoms with Crippen molar-refractivity contribution in [2.75, 3.05) is 40.8 Å². The molecule has 0 aliphatic heterocycles. The highest BCUT2D eigenvalue weighted by Crippen LogP contribution is 2.15. The summed E-state index contributed by atoms with van der Waals surface area (Å²) in [5.41, 5.74) is 0.887. The number of nitrogens with one attached hydrogen (secondary N) is 2. The lowest BCUT2D eigenvalue weighted by molar-refractivity contribution is 0.358. The number of nitrogens with zero attached hydrogens (tertiary/aromatic N) is 2. The Bertz CT molecular complexity index is 496. The van der Waals surface area contributed by atoms with Gasteiger partial charge in [0, 0.05) is 38.6 Å².